The number of nitrogens with zero attached hydrogens (tertiary/aromatic N) is 1. The highest BCUT2D eigenvalue weighted by molar-refractivity contribution is 5.95. The topological polar surface area (TPSA) is 55.1 Å². The highest BCUT2D eigenvalue weighted by atomic mass is 19.1. The molecule has 3 rings (SSSR count). The van der Waals surface area contributed by atoms with Crippen LogP contribution in [0.3, 0.4) is 0 Å². The first-order chi connectivity index (χ1) is 11.1. The van der Waals surface area contributed by atoms with E-state index in [4.69, 9.17) is 4.52 Å². The molecule has 1 N–H and O–H groups in total. The van der Waals surface area contributed by atoms with Crippen LogP contribution in [0.4, 0.5) is 4.39 Å². The van der Waals surface area contributed by atoms with Crippen LogP contribution in [-0.4, -0.2) is 11.1 Å². The summed E-state index contributed by atoms with van der Waals surface area (Å²) in [6, 6.07) is 15.3. The highest BCUT2D eigenvalue weighted by Gasteiger charge is 2.12. The fourth-order valence-corrected chi connectivity index (χ4v) is 2.28. The van der Waals surface area contributed by atoms with Gasteiger partial charge >= 0.3 is 0 Å². The van der Waals surface area contributed by atoms with Crippen LogP contribution in [0.5, 0.6) is 0 Å². The third-order valence-corrected chi connectivity index (χ3v) is 3.52. The normalized spacial score (nSPS) is 10.5. The number of carbonyl (C=O) groups is 1. The Bertz CT molecular complexity index is 842. The maximum absolute atomic E-state index is 13.7. The van der Waals surface area contributed by atoms with Gasteiger partial charge in [-0.25, -0.2) is 4.39 Å². The van der Waals surface area contributed by atoms with E-state index in [0.717, 1.165) is 5.56 Å². The van der Waals surface area contributed by atoms with Crippen molar-refractivity contribution in [1.29, 1.82) is 0 Å². The molecule has 23 heavy (non-hydrogen) atoms. The molecule has 3 aromatic rings. The quantitative estimate of drug-likeness (QED) is 0.799. The summed E-state index contributed by atoms with van der Waals surface area (Å²) in [4.78, 5) is 12.1. The molecule has 1 amide bonds. The van der Waals surface area contributed by atoms with Crippen molar-refractivity contribution in [1.82, 2.24) is 10.5 Å². The largest absolute Gasteiger partial charge is 0.356 e. The van der Waals surface area contributed by atoms with Gasteiger partial charge in [0, 0.05) is 11.6 Å². The number of aromatic nitrogens is 1. The van der Waals surface area contributed by atoms with E-state index in [0.29, 0.717) is 22.6 Å². The van der Waals surface area contributed by atoms with Crippen LogP contribution in [0.2, 0.25) is 0 Å². The van der Waals surface area contributed by atoms with E-state index in [2.05, 4.69) is 10.5 Å². The van der Waals surface area contributed by atoms with Gasteiger partial charge in [-0.2, -0.15) is 0 Å². The summed E-state index contributed by atoms with van der Waals surface area (Å²) < 4.78 is 18.9. The Morgan fingerprint density at radius 2 is 1.91 bits per heavy atom. The van der Waals surface area contributed by atoms with Gasteiger partial charge in [0.1, 0.15) is 11.5 Å². The first kappa shape index (κ1) is 15.0. The second kappa shape index (κ2) is 6.44. The molecule has 0 aliphatic heterocycles. The second-order valence-electron chi connectivity index (χ2n) is 5.16. The third-order valence-electron chi connectivity index (χ3n) is 3.52. The lowest BCUT2D eigenvalue weighted by Gasteiger charge is -2.05. The monoisotopic (exact) mass is 310 g/mol. The number of rotatable bonds is 4. The molecule has 116 valence electrons. The lowest BCUT2D eigenvalue weighted by molar-refractivity contribution is 0.0949. The van der Waals surface area contributed by atoms with E-state index in [1.165, 1.54) is 6.07 Å². The third kappa shape index (κ3) is 3.29. The molecular formula is C18H15FN2O2. The second-order valence-corrected chi connectivity index (χ2v) is 5.16. The fraction of sp³-hybridized carbons (Fsp3) is 0.111. The van der Waals surface area contributed by atoms with Gasteiger partial charge in [-0.15, -0.1) is 0 Å². The summed E-state index contributed by atoms with van der Waals surface area (Å²) >= 11 is 0. The Hall–Kier alpha value is -2.95. The maximum atomic E-state index is 13.7. The van der Waals surface area contributed by atoms with Crippen LogP contribution in [0, 0.1) is 12.7 Å². The van der Waals surface area contributed by atoms with E-state index < -0.39 is 0 Å². The Labute approximate surface area is 132 Å². The number of nitrogens with one attached hydrogen (secondary N) is 1. The lowest BCUT2D eigenvalue weighted by atomic mass is 10.1. The van der Waals surface area contributed by atoms with Gasteiger partial charge in [0.2, 0.25) is 0 Å². The molecule has 0 atom stereocenters. The SMILES string of the molecule is Cc1ccccc1C(=O)NCc1cc(-c2ccccc2F)on1. The molecule has 1 heterocycles. The van der Waals surface area contributed by atoms with Crippen LogP contribution in [0.15, 0.2) is 59.1 Å². The molecule has 0 spiro atoms. The first-order valence-corrected chi connectivity index (χ1v) is 7.19. The summed E-state index contributed by atoms with van der Waals surface area (Å²) in [5.74, 6) is -0.221. The molecule has 0 bridgehead atoms. The number of benzene rings is 2. The number of halogens is 1. The predicted octanol–water partition coefficient (Wildman–Crippen LogP) is 3.72. The molecule has 0 saturated heterocycles. The Morgan fingerprint density at radius 3 is 2.70 bits per heavy atom. The minimum absolute atomic E-state index is 0.182. The van der Waals surface area contributed by atoms with Crippen LogP contribution < -0.4 is 5.32 Å². The lowest BCUT2D eigenvalue weighted by Crippen LogP contribution is -2.23. The van der Waals surface area contributed by atoms with Gasteiger partial charge in [0.15, 0.2) is 5.76 Å². The van der Waals surface area contributed by atoms with Crippen molar-refractivity contribution < 1.29 is 13.7 Å². The van der Waals surface area contributed by atoms with Gasteiger partial charge in [-0.3, -0.25) is 4.79 Å². The molecule has 4 nitrogen and oxygen atoms in total. The van der Waals surface area contributed by atoms with E-state index in [-0.39, 0.29) is 18.3 Å². The predicted molar refractivity (Wildman–Crippen MR) is 84.2 cm³/mol. The molecule has 1 aromatic heterocycles. The van der Waals surface area contributed by atoms with Gasteiger partial charge < -0.3 is 9.84 Å². The van der Waals surface area contributed by atoms with Crippen LogP contribution >= 0.6 is 0 Å². The Morgan fingerprint density at radius 1 is 1.17 bits per heavy atom. The number of hydrogen-bond donors (Lipinski definition) is 1. The molecule has 0 fully saturated rings. The van der Waals surface area contributed by atoms with Crippen molar-refractivity contribution in [2.45, 2.75) is 13.5 Å². The summed E-state index contributed by atoms with van der Waals surface area (Å²) in [6.45, 7) is 2.09. The molecule has 0 radical (unpaired) electrons. The summed E-state index contributed by atoms with van der Waals surface area (Å²) in [5, 5.41) is 6.65. The van der Waals surface area contributed by atoms with Gasteiger partial charge in [0.25, 0.3) is 5.91 Å². The number of hydrogen-bond acceptors (Lipinski definition) is 3. The van der Waals surface area contributed by atoms with Crippen LogP contribution in [0.1, 0.15) is 21.6 Å². The van der Waals surface area contributed by atoms with E-state index in [9.17, 15) is 9.18 Å². The number of amides is 1. The molecule has 0 unspecified atom stereocenters. The zero-order valence-electron chi connectivity index (χ0n) is 12.5. The average molecular weight is 310 g/mol. The minimum Gasteiger partial charge on any atom is -0.356 e. The summed E-state index contributed by atoms with van der Waals surface area (Å²) in [6.07, 6.45) is 0. The molecule has 0 aliphatic carbocycles. The summed E-state index contributed by atoms with van der Waals surface area (Å²) in [5.41, 5.74) is 2.39. The maximum Gasteiger partial charge on any atom is 0.251 e. The zero-order valence-corrected chi connectivity index (χ0v) is 12.5. The average Bonchev–Trinajstić information content (AvgIpc) is 3.02. The van der Waals surface area contributed by atoms with Crippen molar-refractivity contribution in [2.75, 3.05) is 0 Å². The van der Waals surface area contributed by atoms with Crippen molar-refractivity contribution in [3.63, 3.8) is 0 Å². The number of carbonyl (C=O) groups excluding carboxylic acids is 1. The van der Waals surface area contributed by atoms with Crippen LogP contribution in [-0.2, 0) is 6.54 Å². The Kier molecular flexibility index (Phi) is 4.19. The van der Waals surface area contributed by atoms with E-state index >= 15 is 0 Å². The van der Waals surface area contributed by atoms with Crippen LogP contribution in [0.25, 0.3) is 11.3 Å². The van der Waals surface area contributed by atoms with Crippen molar-refractivity contribution >= 4 is 5.91 Å². The smallest absolute Gasteiger partial charge is 0.251 e. The van der Waals surface area contributed by atoms with Crippen molar-refractivity contribution in [3.05, 3.63) is 77.2 Å². The molecule has 5 heteroatoms. The minimum atomic E-state index is -0.376. The standard InChI is InChI=1S/C18H15FN2O2/c1-12-6-2-3-7-14(12)18(22)20-11-13-10-17(23-21-13)15-8-4-5-9-16(15)19/h2-10H,11H2,1H3,(H,20,22). The fourth-order valence-electron chi connectivity index (χ4n) is 2.28. The molecule has 0 saturated carbocycles. The zero-order chi connectivity index (χ0) is 16.2. The first-order valence-electron chi connectivity index (χ1n) is 7.19. The van der Waals surface area contributed by atoms with Gasteiger partial charge in [-0.1, -0.05) is 35.5 Å². The van der Waals surface area contributed by atoms with E-state index in [1.807, 2.05) is 25.1 Å². The molecule has 2 aromatic carbocycles. The van der Waals surface area contributed by atoms with E-state index in [1.54, 1.807) is 30.3 Å². The van der Waals surface area contributed by atoms with Crippen molar-refractivity contribution in [2.24, 2.45) is 0 Å². The highest BCUT2D eigenvalue weighted by Crippen LogP contribution is 2.23. The Balaban J connectivity index is 1.70. The van der Waals surface area contributed by atoms with Gasteiger partial charge in [-0.05, 0) is 30.7 Å². The van der Waals surface area contributed by atoms with Crippen molar-refractivity contribution in [3.8, 4) is 11.3 Å². The summed E-state index contributed by atoms with van der Waals surface area (Å²) in [7, 11) is 0. The molecular weight excluding hydrogens is 295 g/mol. The number of aryl methyl sites for hydroxylation is 1. The molecule has 0 aliphatic rings. The van der Waals surface area contributed by atoms with Gasteiger partial charge in [0.05, 0.1) is 12.1 Å².